The van der Waals surface area contributed by atoms with Gasteiger partial charge >= 0.3 is 7.60 Å². The Balaban J connectivity index is 4.04. The van der Waals surface area contributed by atoms with Crippen molar-refractivity contribution < 1.29 is 19.1 Å². The van der Waals surface area contributed by atoms with E-state index in [1.807, 2.05) is 0 Å². The third kappa shape index (κ3) is 8.79. The van der Waals surface area contributed by atoms with E-state index in [9.17, 15) is 9.36 Å². The third-order valence-corrected chi connectivity index (χ3v) is 3.06. The van der Waals surface area contributed by atoms with E-state index in [0.29, 0.717) is 12.3 Å². The first kappa shape index (κ1) is 14.8. The molecule has 15 heavy (non-hydrogen) atoms. The molecule has 0 bridgehead atoms. The maximum Gasteiger partial charge on any atom is 0.332 e. The normalized spacial score (nSPS) is 12.1. The molecule has 0 unspecified atom stereocenters. The van der Waals surface area contributed by atoms with Crippen LogP contribution >= 0.6 is 7.60 Å². The van der Waals surface area contributed by atoms with Crippen LogP contribution < -0.4 is 0 Å². The van der Waals surface area contributed by atoms with Gasteiger partial charge in [-0.05, 0) is 5.92 Å². The zero-order valence-corrected chi connectivity index (χ0v) is 10.4. The monoisotopic (exact) mass is 236 g/mol. The van der Waals surface area contributed by atoms with Gasteiger partial charge in [-0.2, -0.15) is 0 Å². The van der Waals surface area contributed by atoms with Crippen LogP contribution in [0.3, 0.4) is 0 Å². The highest BCUT2D eigenvalue weighted by molar-refractivity contribution is 7.52. The van der Waals surface area contributed by atoms with Gasteiger partial charge in [-0.15, -0.1) is 0 Å². The van der Waals surface area contributed by atoms with Crippen molar-refractivity contribution in [2.24, 2.45) is 5.92 Å². The lowest BCUT2D eigenvalue weighted by Crippen LogP contribution is -2.12. The second kappa shape index (κ2) is 7.15. The molecule has 0 aromatic heterocycles. The summed E-state index contributed by atoms with van der Waals surface area (Å²) in [6.07, 6.45) is 3.65. The third-order valence-electron chi connectivity index (χ3n) is 2.29. The first-order valence-corrected chi connectivity index (χ1v) is 7.25. The standard InChI is InChI=1S/C10H21O4P/c1-3-5-9(6-4-2)7-10(11)8-15(12,13)14/h9H,3-8H2,1-2H3,(H2,12,13,14). The largest absolute Gasteiger partial charge is 0.332 e. The summed E-state index contributed by atoms with van der Waals surface area (Å²) in [4.78, 5) is 28.6. The molecule has 0 aliphatic heterocycles. The van der Waals surface area contributed by atoms with E-state index in [-0.39, 0.29) is 5.78 Å². The molecule has 5 heteroatoms. The second-order valence-corrected chi connectivity index (χ2v) is 5.65. The molecule has 0 saturated carbocycles. The van der Waals surface area contributed by atoms with Crippen molar-refractivity contribution in [1.82, 2.24) is 0 Å². The SMILES string of the molecule is CCCC(CCC)CC(=O)CP(=O)(O)O. The quantitative estimate of drug-likeness (QED) is 0.634. The second-order valence-electron chi connectivity index (χ2n) is 4.01. The highest BCUT2D eigenvalue weighted by atomic mass is 31.2. The minimum Gasteiger partial charge on any atom is -0.324 e. The molecule has 4 nitrogen and oxygen atoms in total. The molecule has 0 radical (unpaired) electrons. The Bertz CT molecular complexity index is 228. The van der Waals surface area contributed by atoms with Crippen LogP contribution in [0.1, 0.15) is 46.0 Å². The minimum absolute atomic E-state index is 0.291. The molecule has 90 valence electrons. The van der Waals surface area contributed by atoms with Crippen molar-refractivity contribution in [3.8, 4) is 0 Å². The minimum atomic E-state index is -4.17. The van der Waals surface area contributed by atoms with E-state index in [0.717, 1.165) is 25.7 Å². The van der Waals surface area contributed by atoms with Gasteiger partial charge < -0.3 is 9.79 Å². The predicted octanol–water partition coefficient (Wildman–Crippen LogP) is 2.34. The summed E-state index contributed by atoms with van der Waals surface area (Å²) in [5.41, 5.74) is 0. The first-order chi connectivity index (χ1) is 6.89. The van der Waals surface area contributed by atoms with E-state index in [2.05, 4.69) is 13.8 Å². The van der Waals surface area contributed by atoms with E-state index in [1.165, 1.54) is 0 Å². The van der Waals surface area contributed by atoms with Crippen LogP contribution in [-0.4, -0.2) is 21.7 Å². The molecule has 0 aromatic rings. The Kier molecular flexibility index (Phi) is 7.07. The fourth-order valence-corrected chi connectivity index (χ4v) is 2.37. The van der Waals surface area contributed by atoms with Gasteiger partial charge in [0, 0.05) is 6.42 Å². The summed E-state index contributed by atoms with van der Waals surface area (Å²) in [7, 11) is -4.17. The van der Waals surface area contributed by atoms with Gasteiger partial charge in [0.1, 0.15) is 11.9 Å². The highest BCUT2D eigenvalue weighted by Crippen LogP contribution is 2.35. The van der Waals surface area contributed by atoms with Gasteiger partial charge in [-0.25, -0.2) is 0 Å². The highest BCUT2D eigenvalue weighted by Gasteiger charge is 2.21. The predicted molar refractivity (Wildman–Crippen MR) is 59.8 cm³/mol. The fourth-order valence-electron chi connectivity index (χ4n) is 1.78. The zero-order valence-electron chi connectivity index (χ0n) is 9.48. The summed E-state index contributed by atoms with van der Waals surface area (Å²) >= 11 is 0. The molecule has 0 spiro atoms. The van der Waals surface area contributed by atoms with Gasteiger partial charge in [0.25, 0.3) is 0 Å². The van der Waals surface area contributed by atoms with Gasteiger partial charge in [0.05, 0.1) is 0 Å². The van der Waals surface area contributed by atoms with Gasteiger partial charge in [-0.3, -0.25) is 9.36 Å². The molecule has 0 rings (SSSR count). The Labute approximate surface area is 91.2 Å². The summed E-state index contributed by atoms with van der Waals surface area (Å²) in [6, 6.07) is 0. The average molecular weight is 236 g/mol. The van der Waals surface area contributed by atoms with E-state index in [4.69, 9.17) is 9.79 Å². The molecule has 0 heterocycles. The fraction of sp³-hybridized carbons (Fsp3) is 0.900. The molecular weight excluding hydrogens is 215 g/mol. The number of Topliss-reactive ketones (excluding diaryl/α,β-unsaturated/α-hetero) is 1. The number of hydrogen-bond donors (Lipinski definition) is 2. The smallest absolute Gasteiger partial charge is 0.324 e. The lowest BCUT2D eigenvalue weighted by atomic mass is 9.93. The van der Waals surface area contributed by atoms with Crippen LogP contribution in [0, 0.1) is 5.92 Å². The van der Waals surface area contributed by atoms with Crippen molar-refractivity contribution in [3.05, 3.63) is 0 Å². The number of hydrogen-bond acceptors (Lipinski definition) is 2. The van der Waals surface area contributed by atoms with Crippen LogP contribution in [0.15, 0.2) is 0 Å². The zero-order chi connectivity index (χ0) is 11.9. The molecular formula is C10H21O4P. The molecule has 0 aliphatic rings. The van der Waals surface area contributed by atoms with Crippen LogP contribution in [0.5, 0.6) is 0 Å². The maximum atomic E-state index is 11.3. The molecule has 0 saturated heterocycles. The molecule has 0 amide bonds. The Morgan fingerprint density at radius 1 is 1.20 bits per heavy atom. The lowest BCUT2D eigenvalue weighted by molar-refractivity contribution is -0.117. The van der Waals surface area contributed by atoms with Crippen LogP contribution in [-0.2, 0) is 9.36 Å². The van der Waals surface area contributed by atoms with Crippen LogP contribution in [0.4, 0.5) is 0 Å². The molecule has 0 aliphatic carbocycles. The van der Waals surface area contributed by atoms with Gasteiger partial charge in [-0.1, -0.05) is 39.5 Å². The Morgan fingerprint density at radius 3 is 2.00 bits per heavy atom. The molecule has 0 fully saturated rings. The first-order valence-electron chi connectivity index (χ1n) is 5.45. The number of carbonyl (C=O) groups excluding carboxylic acids is 1. The molecule has 2 N–H and O–H groups in total. The van der Waals surface area contributed by atoms with E-state index < -0.39 is 13.8 Å². The summed E-state index contributed by atoms with van der Waals surface area (Å²) in [5, 5.41) is 0. The average Bonchev–Trinajstić information content (AvgIpc) is 2.00. The number of rotatable bonds is 8. The van der Waals surface area contributed by atoms with Gasteiger partial charge in [0.2, 0.25) is 0 Å². The lowest BCUT2D eigenvalue weighted by Gasteiger charge is -2.14. The number of carbonyl (C=O) groups is 1. The van der Waals surface area contributed by atoms with Crippen molar-refractivity contribution >= 4 is 13.4 Å². The van der Waals surface area contributed by atoms with Crippen molar-refractivity contribution in [2.45, 2.75) is 46.0 Å². The Hall–Kier alpha value is -0.180. The molecule has 0 aromatic carbocycles. The summed E-state index contributed by atoms with van der Waals surface area (Å²) in [5.74, 6) is -0.0192. The molecule has 0 atom stereocenters. The van der Waals surface area contributed by atoms with Crippen molar-refractivity contribution in [2.75, 3.05) is 6.16 Å². The Morgan fingerprint density at radius 2 is 1.67 bits per heavy atom. The topological polar surface area (TPSA) is 74.6 Å². The summed E-state index contributed by atoms with van der Waals surface area (Å²) < 4.78 is 10.6. The number of ketones is 1. The summed E-state index contributed by atoms with van der Waals surface area (Å²) in [6.45, 7) is 4.10. The van der Waals surface area contributed by atoms with Crippen molar-refractivity contribution in [3.63, 3.8) is 0 Å². The van der Waals surface area contributed by atoms with Crippen LogP contribution in [0.25, 0.3) is 0 Å². The maximum absolute atomic E-state index is 11.3. The van der Waals surface area contributed by atoms with Gasteiger partial charge in [0.15, 0.2) is 0 Å². The van der Waals surface area contributed by atoms with Crippen molar-refractivity contribution in [1.29, 1.82) is 0 Å². The van der Waals surface area contributed by atoms with E-state index in [1.54, 1.807) is 0 Å². The van der Waals surface area contributed by atoms with Crippen LogP contribution in [0.2, 0.25) is 0 Å². The van der Waals surface area contributed by atoms with E-state index >= 15 is 0 Å².